The Morgan fingerprint density at radius 3 is 2.77 bits per heavy atom. The van der Waals surface area contributed by atoms with E-state index in [-0.39, 0.29) is 17.2 Å². The quantitative estimate of drug-likeness (QED) is 0.849. The zero-order valence-corrected chi connectivity index (χ0v) is 15.4. The third kappa shape index (κ3) is 3.49. The van der Waals surface area contributed by atoms with Crippen molar-refractivity contribution in [3.63, 3.8) is 0 Å². The number of nitrogens with zero attached hydrogens (tertiary/aromatic N) is 3. The maximum Gasteiger partial charge on any atom is 0.233 e. The lowest BCUT2D eigenvalue weighted by Crippen LogP contribution is -2.33. The predicted molar refractivity (Wildman–Crippen MR) is 101 cm³/mol. The topological polar surface area (TPSA) is 69.3 Å². The molecule has 0 radical (unpaired) electrons. The van der Waals surface area contributed by atoms with Crippen molar-refractivity contribution in [2.24, 2.45) is 0 Å². The van der Waals surface area contributed by atoms with Gasteiger partial charge in [0.15, 0.2) is 0 Å². The Kier molecular flexibility index (Phi) is 4.97. The summed E-state index contributed by atoms with van der Waals surface area (Å²) in [6.07, 6.45) is 4.26. The highest BCUT2D eigenvalue weighted by molar-refractivity contribution is 8.00. The van der Waals surface area contributed by atoms with E-state index < -0.39 is 0 Å². The van der Waals surface area contributed by atoms with Crippen LogP contribution in [-0.2, 0) is 9.59 Å². The molecule has 136 valence electrons. The first-order valence-electron chi connectivity index (χ1n) is 9.01. The van der Waals surface area contributed by atoms with Crippen molar-refractivity contribution in [3.05, 3.63) is 42.2 Å². The van der Waals surface area contributed by atoms with Gasteiger partial charge < -0.3 is 14.8 Å². The number of carbonyl (C=O) groups is 2. The van der Waals surface area contributed by atoms with Gasteiger partial charge in [0, 0.05) is 31.6 Å². The molecule has 0 aliphatic carbocycles. The summed E-state index contributed by atoms with van der Waals surface area (Å²) in [6, 6.07) is 9.97. The third-order valence-corrected chi connectivity index (χ3v) is 6.11. The van der Waals surface area contributed by atoms with E-state index >= 15 is 0 Å². The first kappa shape index (κ1) is 17.1. The maximum atomic E-state index is 12.3. The first-order chi connectivity index (χ1) is 12.7. The van der Waals surface area contributed by atoms with Crippen molar-refractivity contribution in [2.75, 3.05) is 25.4 Å². The average Bonchev–Trinajstić information content (AvgIpc) is 3.38. The third-order valence-electron chi connectivity index (χ3n) is 4.88. The monoisotopic (exact) mass is 370 g/mol. The fourth-order valence-corrected chi connectivity index (χ4v) is 4.70. The Labute approximate surface area is 157 Å². The normalized spacial score (nSPS) is 20.4. The molecule has 2 aliphatic heterocycles. The number of hydrogen-bond donors (Lipinski definition) is 1. The van der Waals surface area contributed by atoms with Crippen LogP contribution in [0.3, 0.4) is 0 Å². The van der Waals surface area contributed by atoms with Gasteiger partial charge in [-0.15, -0.1) is 11.8 Å². The SMILES string of the molecule is O=C1CCCN1CCCN1C(=O)CSC1c1cnc(-c2ccccc2)[nH]1. The van der Waals surface area contributed by atoms with Gasteiger partial charge in [-0.05, 0) is 12.8 Å². The second kappa shape index (κ2) is 7.53. The van der Waals surface area contributed by atoms with Gasteiger partial charge in [0.2, 0.25) is 11.8 Å². The van der Waals surface area contributed by atoms with Crippen molar-refractivity contribution in [1.29, 1.82) is 0 Å². The molecule has 3 heterocycles. The van der Waals surface area contributed by atoms with Crippen LogP contribution in [0.5, 0.6) is 0 Å². The standard InChI is InChI=1S/C19H22N4O2S/c24-16-8-4-9-22(16)10-5-11-23-17(25)13-26-19(23)15-12-20-18(21-15)14-6-2-1-3-7-14/h1-3,6-7,12,19H,4-5,8-11,13H2,(H,20,21). The lowest BCUT2D eigenvalue weighted by molar-refractivity contribution is -0.128. The number of imidazole rings is 1. The average molecular weight is 370 g/mol. The van der Waals surface area contributed by atoms with E-state index in [1.807, 2.05) is 46.3 Å². The Morgan fingerprint density at radius 1 is 1.15 bits per heavy atom. The van der Waals surface area contributed by atoms with Gasteiger partial charge in [-0.2, -0.15) is 0 Å². The van der Waals surface area contributed by atoms with Crippen LogP contribution in [0.4, 0.5) is 0 Å². The van der Waals surface area contributed by atoms with Crippen LogP contribution in [0.25, 0.3) is 11.4 Å². The van der Waals surface area contributed by atoms with Crippen LogP contribution in [0, 0.1) is 0 Å². The van der Waals surface area contributed by atoms with Gasteiger partial charge in [0.1, 0.15) is 11.2 Å². The maximum absolute atomic E-state index is 12.3. The van der Waals surface area contributed by atoms with E-state index in [4.69, 9.17) is 0 Å². The van der Waals surface area contributed by atoms with E-state index in [1.54, 1.807) is 11.8 Å². The Hall–Kier alpha value is -2.28. The summed E-state index contributed by atoms with van der Waals surface area (Å²) in [5.41, 5.74) is 1.99. The molecule has 0 saturated carbocycles. The number of aromatic nitrogens is 2. The molecule has 2 fully saturated rings. The summed E-state index contributed by atoms with van der Waals surface area (Å²) in [5, 5.41) is -0.0262. The lowest BCUT2D eigenvalue weighted by atomic mass is 10.2. The Morgan fingerprint density at radius 2 is 2.00 bits per heavy atom. The van der Waals surface area contributed by atoms with E-state index in [0.29, 0.717) is 18.7 Å². The zero-order chi connectivity index (χ0) is 17.9. The number of rotatable bonds is 6. The van der Waals surface area contributed by atoms with Crippen molar-refractivity contribution in [1.82, 2.24) is 19.8 Å². The van der Waals surface area contributed by atoms with Crippen LogP contribution in [-0.4, -0.2) is 57.0 Å². The summed E-state index contributed by atoms with van der Waals surface area (Å²) in [4.78, 5) is 35.7. The van der Waals surface area contributed by atoms with Crippen molar-refractivity contribution < 1.29 is 9.59 Å². The minimum Gasteiger partial charge on any atom is -0.343 e. The molecule has 1 atom stereocenters. The summed E-state index contributed by atoms with van der Waals surface area (Å²) in [5.74, 6) is 1.71. The minimum absolute atomic E-state index is 0.0262. The summed E-state index contributed by atoms with van der Waals surface area (Å²) < 4.78 is 0. The molecule has 26 heavy (non-hydrogen) atoms. The fourth-order valence-electron chi connectivity index (χ4n) is 3.53. The van der Waals surface area contributed by atoms with E-state index in [9.17, 15) is 9.59 Å². The fraction of sp³-hybridized carbons (Fsp3) is 0.421. The van der Waals surface area contributed by atoms with Crippen molar-refractivity contribution in [3.8, 4) is 11.4 Å². The highest BCUT2D eigenvalue weighted by Crippen LogP contribution is 2.38. The number of amides is 2. The molecule has 1 N–H and O–H groups in total. The van der Waals surface area contributed by atoms with E-state index in [0.717, 1.165) is 43.0 Å². The molecule has 1 aromatic carbocycles. The zero-order valence-electron chi connectivity index (χ0n) is 14.6. The van der Waals surface area contributed by atoms with Crippen LogP contribution >= 0.6 is 11.8 Å². The predicted octanol–water partition coefficient (Wildman–Crippen LogP) is 2.66. The van der Waals surface area contributed by atoms with Gasteiger partial charge in [-0.1, -0.05) is 30.3 Å². The number of carbonyl (C=O) groups excluding carboxylic acids is 2. The molecule has 2 aromatic rings. The number of H-pyrrole nitrogens is 1. The van der Waals surface area contributed by atoms with E-state index in [2.05, 4.69) is 9.97 Å². The number of hydrogen-bond acceptors (Lipinski definition) is 4. The highest BCUT2D eigenvalue weighted by atomic mass is 32.2. The molecular formula is C19H22N4O2S. The summed E-state index contributed by atoms with van der Waals surface area (Å²) in [7, 11) is 0. The summed E-state index contributed by atoms with van der Waals surface area (Å²) >= 11 is 1.63. The molecule has 0 bridgehead atoms. The van der Waals surface area contributed by atoms with Gasteiger partial charge in [0.25, 0.3) is 0 Å². The summed E-state index contributed by atoms with van der Waals surface area (Å²) in [6.45, 7) is 2.25. The highest BCUT2D eigenvalue weighted by Gasteiger charge is 2.34. The van der Waals surface area contributed by atoms with Crippen LogP contribution in [0.1, 0.15) is 30.3 Å². The molecular weight excluding hydrogens is 348 g/mol. The van der Waals surface area contributed by atoms with Crippen LogP contribution < -0.4 is 0 Å². The number of nitrogens with one attached hydrogen (secondary N) is 1. The van der Waals surface area contributed by atoms with Gasteiger partial charge in [-0.25, -0.2) is 4.98 Å². The second-order valence-corrected chi connectivity index (χ2v) is 7.71. The van der Waals surface area contributed by atoms with Gasteiger partial charge in [0.05, 0.1) is 17.6 Å². The molecule has 6 nitrogen and oxygen atoms in total. The number of aromatic amines is 1. The number of benzene rings is 1. The Balaban J connectivity index is 1.41. The lowest BCUT2D eigenvalue weighted by Gasteiger charge is -2.24. The Bertz CT molecular complexity index is 792. The molecule has 7 heteroatoms. The molecule has 1 aromatic heterocycles. The number of likely N-dealkylation sites (tertiary alicyclic amines) is 1. The van der Waals surface area contributed by atoms with E-state index in [1.165, 1.54) is 0 Å². The van der Waals surface area contributed by atoms with Gasteiger partial charge in [-0.3, -0.25) is 9.59 Å². The smallest absolute Gasteiger partial charge is 0.233 e. The van der Waals surface area contributed by atoms with Crippen molar-refractivity contribution in [2.45, 2.75) is 24.6 Å². The molecule has 2 amide bonds. The van der Waals surface area contributed by atoms with Crippen molar-refractivity contribution >= 4 is 23.6 Å². The number of thioether (sulfide) groups is 1. The molecule has 1 unspecified atom stereocenters. The first-order valence-corrected chi connectivity index (χ1v) is 10.1. The molecule has 4 rings (SSSR count). The minimum atomic E-state index is -0.0262. The van der Waals surface area contributed by atoms with Crippen LogP contribution in [0.15, 0.2) is 36.5 Å². The second-order valence-electron chi connectivity index (χ2n) is 6.64. The largest absolute Gasteiger partial charge is 0.343 e. The molecule has 0 spiro atoms. The molecule has 2 aliphatic rings. The van der Waals surface area contributed by atoms with Gasteiger partial charge >= 0.3 is 0 Å². The molecule has 2 saturated heterocycles. The van der Waals surface area contributed by atoms with Crippen LogP contribution in [0.2, 0.25) is 0 Å².